The smallest absolute Gasteiger partial charge is 0.142 e. The van der Waals surface area contributed by atoms with Crippen molar-refractivity contribution in [3.63, 3.8) is 0 Å². The molecule has 1 atom stereocenters. The molecular weight excluding hydrogens is 599 g/mol. The molecule has 1 unspecified atom stereocenters. The minimum atomic E-state index is 0.0352. The fourth-order valence-electron chi connectivity index (χ4n) is 7.26. The second kappa shape index (κ2) is 12.4. The molecule has 3 aliphatic rings. The standard InChI is InChI=1S/C44H37N5/c1-30-18-15-16-29-48(33-22-9-5-10-23-33)43-38(30)40-35-26-13-14-27-36(35)49(34-24-11-6-12-25-34)41(40)39-31(2)19-17-28-37(47(3)42(39)43)44(45)46-32-20-7-4-8-21-32/h4-20,22-29,32H,1-2,21H2,3H3,(H2,45,46)/b18-15-,19-17-,29-16-,37-28-. The second-order valence-corrected chi connectivity index (χ2v) is 12.5. The molecule has 5 heteroatoms. The predicted molar refractivity (Wildman–Crippen MR) is 209 cm³/mol. The summed E-state index contributed by atoms with van der Waals surface area (Å²) < 4.78 is 2.36. The Kier molecular flexibility index (Phi) is 7.58. The number of benzene rings is 4. The van der Waals surface area contributed by atoms with E-state index in [1.54, 1.807) is 0 Å². The molecule has 0 saturated heterocycles. The zero-order valence-corrected chi connectivity index (χ0v) is 27.5. The first-order valence-corrected chi connectivity index (χ1v) is 16.6. The van der Waals surface area contributed by atoms with Crippen LogP contribution in [0, 0.1) is 5.41 Å². The van der Waals surface area contributed by atoms with Gasteiger partial charge in [-0.3, -0.25) is 5.41 Å². The van der Waals surface area contributed by atoms with Crippen LogP contribution in [-0.4, -0.2) is 23.5 Å². The van der Waals surface area contributed by atoms with Gasteiger partial charge >= 0.3 is 0 Å². The van der Waals surface area contributed by atoms with E-state index in [-0.39, 0.29) is 6.04 Å². The lowest BCUT2D eigenvalue weighted by Gasteiger charge is -2.36. The summed E-state index contributed by atoms with van der Waals surface area (Å²) in [5.74, 6) is 0.347. The number of nitrogens with zero attached hydrogens (tertiary/aromatic N) is 3. The van der Waals surface area contributed by atoms with Gasteiger partial charge in [0.2, 0.25) is 0 Å². The van der Waals surface area contributed by atoms with Crippen LogP contribution in [0.1, 0.15) is 17.5 Å². The lowest BCUT2D eigenvalue weighted by atomic mass is 9.88. The highest BCUT2D eigenvalue weighted by atomic mass is 15.2. The third kappa shape index (κ3) is 5.08. The van der Waals surface area contributed by atoms with Crippen molar-refractivity contribution in [1.82, 2.24) is 9.88 Å². The van der Waals surface area contributed by atoms with Crippen molar-refractivity contribution in [3.8, 4) is 5.69 Å². The molecule has 0 saturated carbocycles. The normalized spacial score (nSPS) is 20.0. The maximum atomic E-state index is 9.41. The van der Waals surface area contributed by atoms with Crippen molar-refractivity contribution in [1.29, 1.82) is 5.41 Å². The zero-order chi connectivity index (χ0) is 33.5. The number of nitrogens with one attached hydrogen (secondary N) is 2. The number of fused-ring (bicyclic) bond motifs is 8. The summed E-state index contributed by atoms with van der Waals surface area (Å²) in [6, 6.07) is 29.6. The lowest BCUT2D eigenvalue weighted by molar-refractivity contribution is 0.728. The first-order chi connectivity index (χ1) is 24.0. The lowest BCUT2D eigenvalue weighted by Crippen LogP contribution is -2.39. The molecule has 0 radical (unpaired) electrons. The van der Waals surface area contributed by atoms with Crippen molar-refractivity contribution in [3.05, 3.63) is 182 Å². The summed E-state index contributed by atoms with van der Waals surface area (Å²) in [4.78, 5) is 4.42. The highest BCUT2D eigenvalue weighted by Crippen LogP contribution is 2.53. The highest BCUT2D eigenvalue weighted by molar-refractivity contribution is 6.23. The fraction of sp³-hybridized carbons (Fsp3) is 0.0682. The van der Waals surface area contributed by atoms with Gasteiger partial charge in [-0.2, -0.15) is 0 Å². The van der Waals surface area contributed by atoms with Crippen LogP contribution in [0.4, 0.5) is 17.1 Å². The molecule has 0 spiro atoms. The van der Waals surface area contributed by atoms with Gasteiger partial charge in [0.05, 0.1) is 28.1 Å². The van der Waals surface area contributed by atoms with Crippen LogP contribution in [-0.2, 0) is 0 Å². The summed E-state index contributed by atoms with van der Waals surface area (Å²) >= 11 is 0. The Morgan fingerprint density at radius 1 is 0.755 bits per heavy atom. The summed E-state index contributed by atoms with van der Waals surface area (Å²) in [6.07, 6.45) is 23.6. The average molecular weight is 636 g/mol. The summed E-state index contributed by atoms with van der Waals surface area (Å²) in [7, 11) is 2.07. The van der Waals surface area contributed by atoms with Gasteiger partial charge in [-0.05, 0) is 60.1 Å². The van der Waals surface area contributed by atoms with Crippen molar-refractivity contribution in [2.24, 2.45) is 0 Å². The molecule has 5 nitrogen and oxygen atoms in total. The molecule has 2 aliphatic heterocycles. The quantitative estimate of drug-likeness (QED) is 0.153. The van der Waals surface area contributed by atoms with E-state index in [1.807, 2.05) is 24.3 Å². The average Bonchev–Trinajstić information content (AvgIpc) is 3.46. The maximum absolute atomic E-state index is 9.41. The molecule has 238 valence electrons. The van der Waals surface area contributed by atoms with E-state index >= 15 is 0 Å². The Bertz CT molecular complexity index is 2340. The highest BCUT2D eigenvalue weighted by Gasteiger charge is 2.33. The van der Waals surface area contributed by atoms with Crippen LogP contribution in [0.3, 0.4) is 0 Å². The summed E-state index contributed by atoms with van der Waals surface area (Å²) in [5.41, 5.74) is 10.7. The predicted octanol–water partition coefficient (Wildman–Crippen LogP) is 10.4. The van der Waals surface area contributed by atoms with Crippen molar-refractivity contribution in [2.75, 3.05) is 16.8 Å². The monoisotopic (exact) mass is 635 g/mol. The molecule has 1 aliphatic carbocycles. The van der Waals surface area contributed by atoms with Gasteiger partial charge in [0.1, 0.15) is 5.84 Å². The van der Waals surface area contributed by atoms with Crippen LogP contribution in [0.5, 0.6) is 0 Å². The number of allylic oxidation sites excluding steroid dienone is 10. The Morgan fingerprint density at radius 3 is 2.20 bits per heavy atom. The molecule has 0 fully saturated rings. The maximum Gasteiger partial charge on any atom is 0.142 e. The van der Waals surface area contributed by atoms with Gasteiger partial charge < -0.3 is 19.7 Å². The van der Waals surface area contributed by atoms with E-state index in [9.17, 15) is 5.41 Å². The third-order valence-electron chi connectivity index (χ3n) is 9.45. The Hall–Kier alpha value is -6.33. The van der Waals surface area contributed by atoms with Crippen molar-refractivity contribution < 1.29 is 0 Å². The van der Waals surface area contributed by atoms with E-state index in [2.05, 4.69) is 154 Å². The van der Waals surface area contributed by atoms with Crippen LogP contribution >= 0.6 is 0 Å². The van der Waals surface area contributed by atoms with E-state index in [0.29, 0.717) is 5.84 Å². The largest absolute Gasteiger partial charge is 0.362 e. The molecule has 0 bridgehead atoms. The molecule has 49 heavy (non-hydrogen) atoms. The minimum absolute atomic E-state index is 0.0352. The number of rotatable bonds is 4. The Morgan fingerprint density at radius 2 is 1.45 bits per heavy atom. The molecule has 4 aromatic carbocycles. The molecule has 5 aromatic rings. The number of hydrogen-bond acceptors (Lipinski definition) is 3. The second-order valence-electron chi connectivity index (χ2n) is 12.5. The van der Waals surface area contributed by atoms with Crippen molar-refractivity contribution in [2.45, 2.75) is 12.5 Å². The van der Waals surface area contributed by atoms with Crippen molar-refractivity contribution >= 4 is 55.8 Å². The number of para-hydroxylation sites is 3. The van der Waals surface area contributed by atoms with Gasteiger partial charge in [-0.15, -0.1) is 0 Å². The van der Waals surface area contributed by atoms with Gasteiger partial charge in [-0.1, -0.05) is 116 Å². The van der Waals surface area contributed by atoms with Gasteiger partial charge in [-0.25, -0.2) is 0 Å². The molecular formula is C44H37N5. The topological polar surface area (TPSA) is 47.3 Å². The fourth-order valence-corrected chi connectivity index (χ4v) is 7.26. The van der Waals surface area contributed by atoms with E-state index < -0.39 is 0 Å². The zero-order valence-electron chi connectivity index (χ0n) is 27.5. The number of likely N-dealkylation sites (N-methyl/N-ethyl adjacent to an activating group) is 1. The molecule has 2 N–H and O–H groups in total. The van der Waals surface area contributed by atoms with E-state index in [1.165, 1.54) is 0 Å². The van der Waals surface area contributed by atoms with Crippen LogP contribution in [0.2, 0.25) is 0 Å². The van der Waals surface area contributed by atoms with Crippen LogP contribution < -0.4 is 15.1 Å². The van der Waals surface area contributed by atoms with Gasteiger partial charge in [0, 0.05) is 52.6 Å². The Labute approximate surface area is 287 Å². The summed E-state index contributed by atoms with van der Waals surface area (Å²) in [6.45, 7) is 9.40. The Balaban J connectivity index is 1.53. The number of aromatic nitrogens is 1. The third-order valence-corrected chi connectivity index (χ3v) is 9.45. The van der Waals surface area contributed by atoms with Gasteiger partial charge in [0.25, 0.3) is 0 Å². The first-order valence-electron chi connectivity index (χ1n) is 16.6. The molecule has 3 heterocycles. The first kappa shape index (κ1) is 30.0. The molecule has 1 aromatic heterocycles. The van der Waals surface area contributed by atoms with E-state index in [4.69, 9.17) is 13.2 Å². The number of hydrogen-bond donors (Lipinski definition) is 2. The molecule has 0 amide bonds. The SMILES string of the molecule is C=C1/C=C\C=C/N(c2ccccc2)c2c3c(c4c(c21)c1ccccc1n4-c1ccccc1)C(=C)/C=C\C=C(\C(=N)NC1C=CC=CC1)N3C. The van der Waals surface area contributed by atoms with Crippen LogP contribution in [0.15, 0.2) is 171 Å². The number of anilines is 3. The summed E-state index contributed by atoms with van der Waals surface area (Å²) in [5, 5.41) is 15.1. The van der Waals surface area contributed by atoms with E-state index in [0.717, 1.165) is 78.9 Å². The molecule has 8 rings (SSSR count). The van der Waals surface area contributed by atoms with Gasteiger partial charge in [0.15, 0.2) is 0 Å². The minimum Gasteiger partial charge on any atom is -0.362 e. The van der Waals surface area contributed by atoms with Crippen LogP contribution in [0.25, 0.3) is 38.6 Å². The number of amidine groups is 1.